The molecule has 2 atom stereocenters. The second-order valence-corrected chi connectivity index (χ2v) is 8.61. The number of hydrogen-bond donors (Lipinski definition) is 0. The molecular formula is C18H29Cl2FeN4-3. The summed E-state index contributed by atoms with van der Waals surface area (Å²) in [4.78, 5) is 2.56. The first-order valence-electron chi connectivity index (χ1n) is 9.25. The van der Waals surface area contributed by atoms with Crippen molar-refractivity contribution in [1.82, 2.24) is 4.90 Å². The quantitative estimate of drug-likeness (QED) is 0.527. The van der Waals surface area contributed by atoms with E-state index >= 15 is 0 Å². The molecule has 3 aliphatic rings. The molecule has 0 saturated carbocycles. The first kappa shape index (κ1) is 21.6. The number of piperidine rings is 2. The van der Waals surface area contributed by atoms with Gasteiger partial charge in [-0.1, -0.05) is 50.7 Å². The number of allylic oxidation sites excluding steroid dienone is 2. The molecule has 0 aromatic heterocycles. The summed E-state index contributed by atoms with van der Waals surface area (Å²) in [5, 5.41) is 14.3. The molecule has 4 nitrogen and oxygen atoms in total. The summed E-state index contributed by atoms with van der Waals surface area (Å²) in [5.74, 6) is 0. The molecule has 25 heavy (non-hydrogen) atoms. The molecule has 7 heteroatoms. The Kier molecular flexibility index (Phi) is 11.6. The molecular weight excluding hydrogens is 399 g/mol. The Morgan fingerprint density at radius 1 is 1.00 bits per heavy atom. The molecule has 0 aromatic rings. The molecule has 3 aliphatic heterocycles. The van der Waals surface area contributed by atoms with Crippen molar-refractivity contribution in [3.63, 3.8) is 0 Å². The van der Waals surface area contributed by atoms with Crippen LogP contribution in [0.15, 0.2) is 23.9 Å². The normalized spacial score (nSPS) is 26.6. The maximum atomic E-state index is 4.82. The molecule has 2 saturated heterocycles. The summed E-state index contributed by atoms with van der Waals surface area (Å²) in [5.41, 5.74) is 1.22. The Balaban J connectivity index is 0.000000701. The number of rotatable bonds is 6. The van der Waals surface area contributed by atoms with Crippen LogP contribution < -0.4 is 0 Å². The molecule has 0 N–H and O–H groups in total. The van der Waals surface area contributed by atoms with Gasteiger partial charge in [0.2, 0.25) is 0 Å². The van der Waals surface area contributed by atoms with Crippen LogP contribution in [-0.2, 0) is 13.1 Å². The van der Waals surface area contributed by atoms with E-state index in [0.717, 1.165) is 39.3 Å². The topological polar surface area (TPSA) is 45.5 Å². The number of halogens is 2. The van der Waals surface area contributed by atoms with E-state index in [1.807, 2.05) is 0 Å². The van der Waals surface area contributed by atoms with Gasteiger partial charge in [0, 0.05) is 6.54 Å². The minimum atomic E-state index is 0.194. The Morgan fingerprint density at radius 2 is 1.60 bits per heavy atom. The molecule has 3 rings (SSSR count). The monoisotopic (exact) mass is 427 g/mol. The van der Waals surface area contributed by atoms with E-state index in [4.69, 9.17) is 30.8 Å². The Labute approximate surface area is 167 Å². The van der Waals surface area contributed by atoms with Crippen LogP contribution in [-0.4, -0.2) is 56.3 Å². The van der Waals surface area contributed by atoms with E-state index in [0.29, 0.717) is 12.1 Å². The fourth-order valence-corrected chi connectivity index (χ4v) is 3.61. The molecule has 2 unspecified atom stereocenters. The van der Waals surface area contributed by atoms with Crippen LogP contribution in [0.4, 0.5) is 0 Å². The van der Waals surface area contributed by atoms with Gasteiger partial charge < -0.3 is 20.9 Å². The minimum absolute atomic E-state index is 0.194. The van der Waals surface area contributed by atoms with Crippen LogP contribution in [0.25, 0.3) is 16.0 Å². The van der Waals surface area contributed by atoms with Gasteiger partial charge in [0.25, 0.3) is 0 Å². The van der Waals surface area contributed by atoms with E-state index < -0.39 is 0 Å². The zero-order chi connectivity index (χ0) is 17.7. The van der Waals surface area contributed by atoms with Crippen molar-refractivity contribution < 1.29 is 13.1 Å². The van der Waals surface area contributed by atoms with Crippen LogP contribution in [0.5, 0.6) is 0 Å². The predicted octanol–water partition coefficient (Wildman–Crippen LogP) is 5.34. The fraction of sp³-hybridized carbons (Fsp3) is 0.778. The van der Waals surface area contributed by atoms with E-state index in [9.17, 15) is 0 Å². The first-order chi connectivity index (χ1) is 12.3. The molecule has 0 bridgehead atoms. The zero-order valence-corrected chi connectivity index (χ0v) is 17.4. The molecule has 0 aromatic carbocycles. The summed E-state index contributed by atoms with van der Waals surface area (Å²) in [6.45, 7) is 6.08. The van der Waals surface area contributed by atoms with Crippen LogP contribution >= 0.6 is 20.2 Å². The molecule has 0 radical (unpaired) electrons. The first-order valence-corrected chi connectivity index (χ1v) is 12.3. The van der Waals surface area contributed by atoms with Gasteiger partial charge in [0.1, 0.15) is 0 Å². The molecule has 0 aliphatic carbocycles. The van der Waals surface area contributed by atoms with Gasteiger partial charge in [-0.25, -0.2) is 0 Å². The van der Waals surface area contributed by atoms with Gasteiger partial charge in [-0.3, -0.25) is 0 Å². The average Bonchev–Trinajstić information content (AvgIpc) is 2.65. The third kappa shape index (κ3) is 9.14. The van der Waals surface area contributed by atoms with Gasteiger partial charge in [-0.2, -0.15) is 0 Å². The second kappa shape index (κ2) is 13.4. The standard InChI is InChI=1S/C18H29N4.2ClH.Fe/c1-4-10-19-16(7-1)13-22(14-17-8-2-5-11-20-17)15-18-9-3-6-12-21-18;;;/h1,4,7,17-18H,2-3,5-6,8-15H2;2*1H;/q-3;;;+2/p-2. The fourth-order valence-electron chi connectivity index (χ4n) is 3.61. The van der Waals surface area contributed by atoms with Crippen LogP contribution in [0, 0.1) is 0 Å². The average molecular weight is 428 g/mol. The third-order valence-corrected chi connectivity index (χ3v) is 4.81. The van der Waals surface area contributed by atoms with Gasteiger partial charge in [0.05, 0.1) is 0 Å². The predicted molar refractivity (Wildman–Crippen MR) is 105 cm³/mol. The summed E-state index contributed by atoms with van der Waals surface area (Å²) in [6.07, 6.45) is 14.2. The molecule has 2 fully saturated rings. The van der Waals surface area contributed by atoms with Crippen LogP contribution in [0.3, 0.4) is 0 Å². The summed E-state index contributed by atoms with van der Waals surface area (Å²) in [7, 11) is 9.53. The van der Waals surface area contributed by atoms with Gasteiger partial charge >= 0.3 is 33.3 Å². The molecule has 0 amide bonds. The Hall–Kier alpha value is 0.259. The molecule has 146 valence electrons. The van der Waals surface area contributed by atoms with Crippen molar-refractivity contribution in [2.24, 2.45) is 0 Å². The zero-order valence-electron chi connectivity index (χ0n) is 14.8. The third-order valence-electron chi connectivity index (χ3n) is 4.81. The Morgan fingerprint density at radius 3 is 2.04 bits per heavy atom. The summed E-state index contributed by atoms with van der Waals surface area (Å²) < 4.78 is 0. The van der Waals surface area contributed by atoms with E-state index in [-0.39, 0.29) is 13.1 Å². The number of hydrogen-bond acceptors (Lipinski definition) is 1. The van der Waals surface area contributed by atoms with Crippen molar-refractivity contribution in [3.8, 4) is 0 Å². The summed E-state index contributed by atoms with van der Waals surface area (Å²) >= 11 is 0.194. The Bertz CT molecular complexity index is 388. The van der Waals surface area contributed by atoms with Gasteiger partial charge in [-0.15, -0.1) is 43.5 Å². The van der Waals surface area contributed by atoms with Crippen molar-refractivity contribution >= 4 is 20.2 Å². The van der Waals surface area contributed by atoms with E-state index in [1.165, 1.54) is 44.2 Å². The second-order valence-electron chi connectivity index (χ2n) is 6.78. The van der Waals surface area contributed by atoms with Gasteiger partial charge in [0.15, 0.2) is 0 Å². The van der Waals surface area contributed by atoms with E-state index in [2.05, 4.69) is 28.4 Å². The molecule has 3 heterocycles. The van der Waals surface area contributed by atoms with Crippen molar-refractivity contribution in [2.75, 3.05) is 39.3 Å². The van der Waals surface area contributed by atoms with Crippen molar-refractivity contribution in [2.45, 2.75) is 50.6 Å². The molecule has 0 spiro atoms. The maximum absolute atomic E-state index is 4.82. The van der Waals surface area contributed by atoms with Crippen LogP contribution in [0.1, 0.15) is 38.5 Å². The number of nitrogens with zero attached hydrogens (tertiary/aromatic N) is 4. The van der Waals surface area contributed by atoms with Crippen molar-refractivity contribution in [3.05, 3.63) is 39.9 Å². The van der Waals surface area contributed by atoms with Gasteiger partial charge in [-0.05, 0) is 13.1 Å². The summed E-state index contributed by atoms with van der Waals surface area (Å²) in [6, 6.07) is 1.05. The van der Waals surface area contributed by atoms with Crippen molar-refractivity contribution in [1.29, 1.82) is 0 Å². The van der Waals surface area contributed by atoms with E-state index in [1.54, 1.807) is 0 Å². The van der Waals surface area contributed by atoms with Crippen LogP contribution in [0.2, 0.25) is 0 Å². The SMILES string of the molecule is C1=CC[N-]C(CN(CC2CCCC[N-]2)CC2CCCC[N-]2)=C1.[Cl][Fe][Cl].